The average Bonchev–Trinajstić information content (AvgIpc) is 3.98. The van der Waals surface area contributed by atoms with Crippen molar-refractivity contribution in [1.29, 1.82) is 0 Å². The number of methoxy groups -OCH3 is 3. The molecule has 4 fully saturated rings. The van der Waals surface area contributed by atoms with E-state index in [2.05, 4.69) is 5.10 Å². The first-order valence-corrected chi connectivity index (χ1v) is 25.6. The largest absolute Gasteiger partial charge is 0.462 e. The topological polar surface area (TPSA) is 173 Å². The molecule has 4 aliphatic rings. The molecule has 3 heterocycles. The third-order valence-electron chi connectivity index (χ3n) is 15.6. The number of Topliss-reactive ketones (excluding diaryl/α,β-unsaturated/α-hetero) is 3. The molecule has 2 aliphatic heterocycles. The van der Waals surface area contributed by atoms with E-state index in [-0.39, 0.29) is 66.3 Å². The number of esters is 1. The minimum atomic E-state index is -1.67. The number of ether oxygens (including phenoxy) is 5. The summed E-state index contributed by atoms with van der Waals surface area (Å²) in [5, 5.41) is 16.1. The zero-order valence-corrected chi connectivity index (χ0v) is 43.2. The highest BCUT2D eigenvalue weighted by molar-refractivity contribution is 6.39. The monoisotopic (exact) mass is 962 g/mol. The molecule has 5 rings (SSSR count). The van der Waals surface area contributed by atoms with Gasteiger partial charge >= 0.3 is 5.97 Å². The lowest BCUT2D eigenvalue weighted by Gasteiger charge is -2.42. The molecular weight excluding hydrogens is 879 g/mol. The van der Waals surface area contributed by atoms with Crippen LogP contribution in [0.2, 0.25) is 0 Å². The van der Waals surface area contributed by atoms with Crippen molar-refractivity contribution in [2.24, 2.45) is 35.5 Å². The van der Waals surface area contributed by atoms with E-state index in [1.807, 2.05) is 94.9 Å². The lowest BCUT2D eigenvalue weighted by Crippen LogP contribution is -2.56. The van der Waals surface area contributed by atoms with E-state index in [9.17, 15) is 29.1 Å². The van der Waals surface area contributed by atoms with Gasteiger partial charge in [0.1, 0.15) is 35.8 Å². The standard InChI is InChI=1S/C55H83N3O11/c1-35(18-13-11-14-19-36(2)46(65-8)32-43-21-20-40(6)55(64,34-43)53(62)54(63)57-25-15-12-16-26-57)28-49-50(61)52(67-10)51(69-49)39(5)29-37(3)45(60)33-47(68-41(7)59)38(4)30-42-22-23-44(48(31-42)66-9)58-27-17-24-56-58/h11,13-14,17-19,24,27,29,35,37-38,40,42-44,46-49,51-52,64H,12,15-16,20-23,25-26,28,30-34H2,1-10H3/b14-11+,18-13+,36-19+,39-29+/t35-,37-,38-,40?,42?,43+,44?,46+,47+,48?,49?,51-,52?,55?/m1/s1. The Bertz CT molecular complexity index is 1990. The molecule has 1 aromatic rings. The van der Waals surface area contributed by atoms with Gasteiger partial charge in [-0.2, -0.15) is 5.10 Å². The zero-order valence-electron chi connectivity index (χ0n) is 43.2. The molecule has 1 aromatic heterocycles. The summed E-state index contributed by atoms with van der Waals surface area (Å²) in [5.74, 6) is -2.28. The van der Waals surface area contributed by atoms with Crippen LogP contribution in [0.15, 0.2) is 66.1 Å². The number of hydrogen-bond donors (Lipinski definition) is 1. The Morgan fingerprint density at radius 1 is 0.928 bits per heavy atom. The summed E-state index contributed by atoms with van der Waals surface area (Å²) in [7, 11) is 4.90. The molecule has 1 N–H and O–H groups in total. The number of nitrogens with zero attached hydrogens (tertiary/aromatic N) is 3. The smallest absolute Gasteiger partial charge is 0.302 e. The number of piperidine rings is 1. The lowest BCUT2D eigenvalue weighted by molar-refractivity contribution is -0.163. The molecule has 384 valence electrons. The van der Waals surface area contributed by atoms with Gasteiger partial charge in [0.2, 0.25) is 0 Å². The Balaban J connectivity index is 1.10. The molecule has 0 spiro atoms. The fourth-order valence-corrected chi connectivity index (χ4v) is 11.3. The Morgan fingerprint density at radius 2 is 1.65 bits per heavy atom. The summed E-state index contributed by atoms with van der Waals surface area (Å²) in [6.45, 7) is 14.2. The average molecular weight is 962 g/mol. The number of aliphatic hydroxyl groups is 1. The molecular formula is C55H83N3O11. The quantitative estimate of drug-likeness (QED) is 0.0482. The van der Waals surface area contributed by atoms with Crippen molar-refractivity contribution < 1.29 is 52.8 Å². The molecule has 7 unspecified atom stereocenters. The van der Waals surface area contributed by atoms with Gasteiger partial charge in [0.05, 0.1) is 18.2 Å². The van der Waals surface area contributed by atoms with E-state index in [0.29, 0.717) is 38.3 Å². The maximum atomic E-state index is 13.7. The van der Waals surface area contributed by atoms with Crippen molar-refractivity contribution in [3.63, 3.8) is 0 Å². The van der Waals surface area contributed by atoms with Crippen LogP contribution in [0.25, 0.3) is 0 Å². The Labute approximate surface area is 411 Å². The number of carbonyl (C=O) groups is 5. The van der Waals surface area contributed by atoms with Crippen LogP contribution < -0.4 is 0 Å². The predicted molar refractivity (Wildman–Crippen MR) is 264 cm³/mol. The number of rotatable bonds is 23. The number of hydrogen-bond acceptors (Lipinski definition) is 12. The second kappa shape index (κ2) is 26.4. The van der Waals surface area contributed by atoms with E-state index in [1.54, 1.807) is 25.3 Å². The molecule has 2 saturated carbocycles. The fraction of sp³-hybridized carbons (Fsp3) is 0.709. The molecule has 14 atom stereocenters. The van der Waals surface area contributed by atoms with E-state index in [0.717, 1.165) is 62.5 Å². The highest BCUT2D eigenvalue weighted by Crippen LogP contribution is 2.42. The first kappa shape index (κ1) is 55.8. The number of carbonyl (C=O) groups excluding carboxylic acids is 5. The van der Waals surface area contributed by atoms with Crippen LogP contribution in [0, 0.1) is 35.5 Å². The van der Waals surface area contributed by atoms with Crippen LogP contribution in [-0.4, -0.2) is 126 Å². The van der Waals surface area contributed by atoms with E-state index < -0.39 is 53.6 Å². The molecule has 2 saturated heterocycles. The van der Waals surface area contributed by atoms with Crippen molar-refractivity contribution >= 4 is 29.2 Å². The van der Waals surface area contributed by atoms with E-state index >= 15 is 0 Å². The maximum Gasteiger partial charge on any atom is 0.302 e. The molecule has 0 radical (unpaired) electrons. The van der Waals surface area contributed by atoms with Crippen molar-refractivity contribution in [2.75, 3.05) is 34.4 Å². The van der Waals surface area contributed by atoms with Crippen LogP contribution in [0.5, 0.6) is 0 Å². The zero-order chi connectivity index (χ0) is 50.4. The minimum absolute atomic E-state index is 0.00500. The molecule has 0 aromatic carbocycles. The number of amides is 1. The number of allylic oxidation sites excluding steroid dienone is 6. The van der Waals surface area contributed by atoms with Gasteiger partial charge in [-0.1, -0.05) is 64.2 Å². The first-order valence-electron chi connectivity index (χ1n) is 25.6. The van der Waals surface area contributed by atoms with Gasteiger partial charge in [-0.15, -0.1) is 0 Å². The van der Waals surface area contributed by atoms with Crippen molar-refractivity contribution in [2.45, 2.75) is 180 Å². The number of likely N-dealkylation sites (tertiary alicyclic amines) is 1. The van der Waals surface area contributed by atoms with Gasteiger partial charge in [0, 0.05) is 66.1 Å². The SMILES string of the molecule is COC1CC(C[C@@H](C)[C@H](CC(=O)[C@H](C)/C=C(\C)[C@H]2OC(C[C@H](C)/C=C/C=C/C=C(\C)[C@H](C[C@@H]3CCC(C)C(O)(C(=O)C(=O)N4CCCCC4)C3)OC)C(=O)C2OC)OC(C)=O)CCC1n1cccn1. The molecule has 2 aliphatic carbocycles. The predicted octanol–water partition coefficient (Wildman–Crippen LogP) is 8.33. The third kappa shape index (κ3) is 15.0. The van der Waals surface area contributed by atoms with E-state index in [1.165, 1.54) is 14.0 Å². The molecule has 0 bridgehead atoms. The van der Waals surface area contributed by atoms with Gasteiger partial charge in [-0.25, -0.2) is 0 Å². The van der Waals surface area contributed by atoms with Gasteiger partial charge in [0.15, 0.2) is 5.78 Å². The van der Waals surface area contributed by atoms with Crippen LogP contribution in [-0.2, 0) is 47.7 Å². The highest BCUT2D eigenvalue weighted by Gasteiger charge is 2.50. The number of ketones is 3. The fourth-order valence-electron chi connectivity index (χ4n) is 11.3. The summed E-state index contributed by atoms with van der Waals surface area (Å²) in [6, 6.07) is 2.10. The Morgan fingerprint density at radius 3 is 2.30 bits per heavy atom. The number of aromatic nitrogens is 2. The Hall–Kier alpha value is -4.08. The second-order valence-corrected chi connectivity index (χ2v) is 20.8. The summed E-state index contributed by atoms with van der Waals surface area (Å²) >= 11 is 0. The second-order valence-electron chi connectivity index (χ2n) is 20.8. The molecule has 14 heteroatoms. The highest BCUT2D eigenvalue weighted by atomic mass is 16.6. The van der Waals surface area contributed by atoms with Crippen LogP contribution in [0.4, 0.5) is 0 Å². The van der Waals surface area contributed by atoms with Crippen molar-refractivity contribution in [1.82, 2.24) is 14.7 Å². The molecule has 69 heavy (non-hydrogen) atoms. The van der Waals surface area contributed by atoms with Gasteiger partial charge < -0.3 is 33.7 Å². The van der Waals surface area contributed by atoms with Crippen LogP contribution >= 0.6 is 0 Å². The minimum Gasteiger partial charge on any atom is -0.462 e. The van der Waals surface area contributed by atoms with Crippen LogP contribution in [0.1, 0.15) is 138 Å². The summed E-state index contributed by atoms with van der Waals surface area (Å²) in [4.78, 5) is 67.7. The maximum absolute atomic E-state index is 13.7. The summed E-state index contributed by atoms with van der Waals surface area (Å²) in [5.41, 5.74) is 0.0752. The van der Waals surface area contributed by atoms with Crippen LogP contribution in [0.3, 0.4) is 0 Å². The lowest BCUT2D eigenvalue weighted by atomic mass is 9.67. The first-order chi connectivity index (χ1) is 32.9. The van der Waals surface area contributed by atoms with Crippen molar-refractivity contribution in [3.05, 3.63) is 66.1 Å². The van der Waals surface area contributed by atoms with E-state index in [4.69, 9.17) is 23.7 Å². The third-order valence-corrected chi connectivity index (χ3v) is 15.6. The van der Waals surface area contributed by atoms with Gasteiger partial charge in [0.25, 0.3) is 11.7 Å². The van der Waals surface area contributed by atoms with Gasteiger partial charge in [-0.05, 0) is 138 Å². The Kier molecular flexibility index (Phi) is 21.4. The normalized spacial score (nSPS) is 30.6. The van der Waals surface area contributed by atoms with Crippen molar-refractivity contribution in [3.8, 4) is 0 Å². The molecule has 1 amide bonds. The summed E-state index contributed by atoms with van der Waals surface area (Å²) in [6.07, 6.45) is 21.9. The molecule has 14 nitrogen and oxygen atoms in total. The summed E-state index contributed by atoms with van der Waals surface area (Å²) < 4.78 is 31.6. The van der Waals surface area contributed by atoms with Gasteiger partial charge in [-0.3, -0.25) is 28.7 Å².